The van der Waals surface area contributed by atoms with Gasteiger partial charge in [0.15, 0.2) is 0 Å². The lowest BCUT2D eigenvalue weighted by atomic mass is 10.3. The maximum absolute atomic E-state index is 11.4. The fourth-order valence-corrected chi connectivity index (χ4v) is 1.58. The largest absolute Gasteiger partial charge is 0.378 e. The van der Waals surface area contributed by atoms with Gasteiger partial charge in [-0.15, -0.1) is 0 Å². The van der Waals surface area contributed by atoms with Gasteiger partial charge in [-0.05, 0) is 25.1 Å². The van der Waals surface area contributed by atoms with Crippen LogP contribution in [0.15, 0.2) is 47.5 Å². The number of pyridine rings is 2. The number of hydrogen-bond acceptors (Lipinski definition) is 3. The number of rotatable bonds is 4. The minimum atomic E-state index is 0.0240. The van der Waals surface area contributed by atoms with Crippen LogP contribution in [0.5, 0.6) is 0 Å². The first-order valence-electron chi connectivity index (χ1n) is 5.64. The molecule has 2 heterocycles. The van der Waals surface area contributed by atoms with E-state index in [-0.39, 0.29) is 5.56 Å². The van der Waals surface area contributed by atoms with Gasteiger partial charge in [-0.2, -0.15) is 0 Å². The monoisotopic (exact) mass is 229 g/mol. The molecule has 0 aliphatic heterocycles. The molecule has 0 fully saturated rings. The Labute approximate surface area is 99.9 Å². The van der Waals surface area contributed by atoms with Gasteiger partial charge in [0.05, 0.1) is 17.9 Å². The number of aromatic nitrogens is 2. The normalized spacial score (nSPS) is 10.2. The van der Waals surface area contributed by atoms with Crippen molar-refractivity contribution in [2.75, 3.05) is 5.32 Å². The molecular weight excluding hydrogens is 214 g/mol. The summed E-state index contributed by atoms with van der Waals surface area (Å²) < 4.78 is 1.67. The molecular formula is C13H15N3O. The van der Waals surface area contributed by atoms with Crippen LogP contribution >= 0.6 is 0 Å². The molecule has 0 atom stereocenters. The molecule has 0 aliphatic carbocycles. The van der Waals surface area contributed by atoms with Gasteiger partial charge in [-0.3, -0.25) is 9.78 Å². The Balaban J connectivity index is 2.07. The highest BCUT2D eigenvalue weighted by Gasteiger charge is 1.97. The Bertz CT molecular complexity index is 534. The zero-order valence-electron chi connectivity index (χ0n) is 9.76. The second-order valence-corrected chi connectivity index (χ2v) is 3.72. The van der Waals surface area contributed by atoms with Crippen LogP contribution < -0.4 is 10.9 Å². The van der Waals surface area contributed by atoms with E-state index in [1.165, 1.54) is 0 Å². The van der Waals surface area contributed by atoms with Gasteiger partial charge < -0.3 is 9.88 Å². The Morgan fingerprint density at radius 2 is 2.18 bits per heavy atom. The van der Waals surface area contributed by atoms with Crippen LogP contribution in [0.3, 0.4) is 0 Å². The summed E-state index contributed by atoms with van der Waals surface area (Å²) in [4.78, 5) is 15.6. The van der Waals surface area contributed by atoms with E-state index < -0.39 is 0 Å². The molecule has 2 rings (SSSR count). The van der Waals surface area contributed by atoms with Crippen molar-refractivity contribution in [1.29, 1.82) is 0 Å². The van der Waals surface area contributed by atoms with Crippen molar-refractivity contribution in [3.05, 3.63) is 58.8 Å². The van der Waals surface area contributed by atoms with E-state index in [1.807, 2.05) is 31.3 Å². The van der Waals surface area contributed by atoms with Crippen LogP contribution in [0.25, 0.3) is 0 Å². The zero-order valence-corrected chi connectivity index (χ0v) is 9.76. The fourth-order valence-electron chi connectivity index (χ4n) is 1.58. The number of nitrogens with zero attached hydrogens (tertiary/aromatic N) is 2. The topological polar surface area (TPSA) is 46.9 Å². The summed E-state index contributed by atoms with van der Waals surface area (Å²) in [6, 6.07) is 9.17. The van der Waals surface area contributed by atoms with Crippen LogP contribution in [0.2, 0.25) is 0 Å². The van der Waals surface area contributed by atoms with Crippen molar-refractivity contribution in [2.45, 2.75) is 20.0 Å². The first-order valence-corrected chi connectivity index (χ1v) is 5.64. The maximum Gasteiger partial charge on any atom is 0.250 e. The average Bonchev–Trinajstić information content (AvgIpc) is 2.39. The molecule has 4 nitrogen and oxygen atoms in total. The highest BCUT2D eigenvalue weighted by molar-refractivity contribution is 5.40. The van der Waals surface area contributed by atoms with E-state index in [0.717, 1.165) is 11.4 Å². The summed E-state index contributed by atoms with van der Waals surface area (Å²) >= 11 is 0. The van der Waals surface area contributed by atoms with E-state index in [9.17, 15) is 4.79 Å². The second kappa shape index (κ2) is 5.30. The van der Waals surface area contributed by atoms with Crippen molar-refractivity contribution in [3.8, 4) is 0 Å². The zero-order chi connectivity index (χ0) is 12.1. The number of anilines is 1. The summed E-state index contributed by atoms with van der Waals surface area (Å²) in [5.74, 6) is 0. The molecule has 2 aromatic heterocycles. The molecule has 4 heteroatoms. The van der Waals surface area contributed by atoms with E-state index in [0.29, 0.717) is 13.1 Å². The second-order valence-electron chi connectivity index (χ2n) is 3.72. The van der Waals surface area contributed by atoms with Crippen LogP contribution in [-0.4, -0.2) is 9.55 Å². The number of aryl methyl sites for hydroxylation is 1. The Kier molecular flexibility index (Phi) is 3.55. The SMILES string of the molecule is CCn1cc(NCc2ccccn2)ccc1=O. The van der Waals surface area contributed by atoms with Crippen LogP contribution in [0, 0.1) is 0 Å². The molecule has 0 aromatic carbocycles. The van der Waals surface area contributed by atoms with Crippen LogP contribution in [0.4, 0.5) is 5.69 Å². The summed E-state index contributed by atoms with van der Waals surface area (Å²) in [6.07, 6.45) is 3.59. The molecule has 2 aromatic rings. The quantitative estimate of drug-likeness (QED) is 0.870. The van der Waals surface area contributed by atoms with Crippen LogP contribution in [-0.2, 0) is 13.1 Å². The lowest BCUT2D eigenvalue weighted by Crippen LogP contribution is -2.17. The molecule has 0 radical (unpaired) electrons. The lowest BCUT2D eigenvalue weighted by molar-refractivity contribution is 0.727. The van der Waals surface area contributed by atoms with Crippen molar-refractivity contribution < 1.29 is 0 Å². The number of nitrogens with one attached hydrogen (secondary N) is 1. The number of hydrogen-bond donors (Lipinski definition) is 1. The predicted octanol–water partition coefficient (Wildman–Crippen LogP) is 1.88. The smallest absolute Gasteiger partial charge is 0.250 e. The Morgan fingerprint density at radius 1 is 1.29 bits per heavy atom. The molecule has 1 N–H and O–H groups in total. The van der Waals surface area contributed by atoms with E-state index in [2.05, 4.69) is 10.3 Å². The van der Waals surface area contributed by atoms with E-state index in [1.54, 1.807) is 22.9 Å². The third-order valence-electron chi connectivity index (χ3n) is 2.52. The van der Waals surface area contributed by atoms with E-state index >= 15 is 0 Å². The van der Waals surface area contributed by atoms with Crippen molar-refractivity contribution >= 4 is 5.69 Å². The summed E-state index contributed by atoms with van der Waals surface area (Å²) in [7, 11) is 0. The average molecular weight is 229 g/mol. The van der Waals surface area contributed by atoms with Gasteiger partial charge in [-0.1, -0.05) is 6.07 Å². The molecule has 0 amide bonds. The Morgan fingerprint density at radius 3 is 2.88 bits per heavy atom. The highest BCUT2D eigenvalue weighted by Crippen LogP contribution is 2.05. The Hall–Kier alpha value is -2.10. The fraction of sp³-hybridized carbons (Fsp3) is 0.231. The molecule has 17 heavy (non-hydrogen) atoms. The first-order chi connectivity index (χ1) is 8.29. The third kappa shape index (κ3) is 2.93. The van der Waals surface area contributed by atoms with Crippen molar-refractivity contribution in [2.24, 2.45) is 0 Å². The van der Waals surface area contributed by atoms with Crippen molar-refractivity contribution in [3.63, 3.8) is 0 Å². The van der Waals surface area contributed by atoms with Gasteiger partial charge in [0.25, 0.3) is 5.56 Å². The highest BCUT2D eigenvalue weighted by atomic mass is 16.1. The summed E-state index contributed by atoms with van der Waals surface area (Å²) in [6.45, 7) is 3.28. The van der Waals surface area contributed by atoms with Gasteiger partial charge in [0.1, 0.15) is 0 Å². The van der Waals surface area contributed by atoms with Crippen LogP contribution in [0.1, 0.15) is 12.6 Å². The van der Waals surface area contributed by atoms with E-state index in [4.69, 9.17) is 0 Å². The molecule has 88 valence electrons. The molecule has 0 bridgehead atoms. The maximum atomic E-state index is 11.4. The summed E-state index contributed by atoms with van der Waals surface area (Å²) in [5, 5.41) is 3.24. The predicted molar refractivity (Wildman–Crippen MR) is 67.9 cm³/mol. The first kappa shape index (κ1) is 11.4. The molecule has 0 spiro atoms. The molecule has 0 saturated carbocycles. The van der Waals surface area contributed by atoms with Gasteiger partial charge >= 0.3 is 0 Å². The van der Waals surface area contributed by atoms with Gasteiger partial charge in [0, 0.05) is 25.0 Å². The molecule has 0 aliphatic rings. The third-order valence-corrected chi connectivity index (χ3v) is 2.52. The summed E-state index contributed by atoms with van der Waals surface area (Å²) in [5.41, 5.74) is 1.93. The molecule has 0 saturated heterocycles. The standard InChI is InChI=1S/C13H15N3O/c1-2-16-10-12(6-7-13(16)17)15-9-11-5-3-4-8-14-11/h3-8,10,15H,2,9H2,1H3. The van der Waals surface area contributed by atoms with Crippen molar-refractivity contribution in [1.82, 2.24) is 9.55 Å². The van der Waals surface area contributed by atoms with Gasteiger partial charge in [-0.25, -0.2) is 0 Å². The minimum Gasteiger partial charge on any atom is -0.378 e. The molecule has 0 unspecified atom stereocenters. The minimum absolute atomic E-state index is 0.0240. The lowest BCUT2D eigenvalue weighted by Gasteiger charge is -2.08. The van der Waals surface area contributed by atoms with Gasteiger partial charge in [0.2, 0.25) is 0 Å².